The van der Waals surface area contributed by atoms with E-state index >= 15 is 0 Å². The van der Waals surface area contributed by atoms with Crippen LogP contribution >= 0.6 is 11.3 Å². The summed E-state index contributed by atoms with van der Waals surface area (Å²) in [5.74, 6) is 0. The maximum Gasteiger partial charge on any atom is 0.271 e. The molecule has 1 N–H and O–H groups in total. The van der Waals surface area contributed by atoms with Gasteiger partial charge in [-0.1, -0.05) is 23.5 Å². The van der Waals surface area contributed by atoms with Gasteiger partial charge in [0.15, 0.2) is 5.13 Å². The third kappa shape index (κ3) is 2.46. The lowest BCUT2D eigenvalue weighted by molar-refractivity contribution is -0.384. The molecule has 0 fully saturated rings. The molecule has 1 aromatic heterocycles. The highest BCUT2D eigenvalue weighted by Crippen LogP contribution is 2.29. The Morgan fingerprint density at radius 3 is 2.90 bits per heavy atom. The fraction of sp³-hybridized carbons (Fsp3) is 0.0714. The van der Waals surface area contributed by atoms with Crippen LogP contribution in [0.1, 0.15) is 5.56 Å². The van der Waals surface area contributed by atoms with Gasteiger partial charge in [-0.3, -0.25) is 10.1 Å². The molecule has 0 radical (unpaired) electrons. The molecular weight excluding hydrogens is 274 g/mol. The second-order valence-electron chi connectivity index (χ2n) is 4.42. The number of nitro groups is 1. The van der Waals surface area contributed by atoms with Crippen LogP contribution in [0.5, 0.6) is 0 Å². The summed E-state index contributed by atoms with van der Waals surface area (Å²) >= 11 is 1.53. The monoisotopic (exact) mass is 285 g/mol. The minimum Gasteiger partial charge on any atom is -0.331 e. The zero-order valence-electron chi connectivity index (χ0n) is 10.7. The maximum atomic E-state index is 10.7. The molecule has 0 bridgehead atoms. The first kappa shape index (κ1) is 12.6. The molecule has 0 aliphatic rings. The van der Waals surface area contributed by atoms with Crippen LogP contribution in [0.15, 0.2) is 42.5 Å². The SMILES string of the molecule is Cc1ccc2nc(Nc3cccc([N+](=O)[O-])c3)sc2c1. The van der Waals surface area contributed by atoms with Gasteiger partial charge in [-0.25, -0.2) is 4.98 Å². The number of nitrogens with zero attached hydrogens (tertiary/aromatic N) is 2. The van der Waals surface area contributed by atoms with E-state index in [4.69, 9.17) is 0 Å². The van der Waals surface area contributed by atoms with Crippen molar-refractivity contribution in [3.63, 3.8) is 0 Å². The molecule has 0 amide bonds. The van der Waals surface area contributed by atoms with E-state index < -0.39 is 4.92 Å². The molecule has 1 heterocycles. The maximum absolute atomic E-state index is 10.7. The van der Waals surface area contributed by atoms with Crippen molar-refractivity contribution in [2.45, 2.75) is 6.92 Å². The number of hydrogen-bond acceptors (Lipinski definition) is 5. The number of nitro benzene ring substituents is 1. The quantitative estimate of drug-likeness (QED) is 0.576. The summed E-state index contributed by atoms with van der Waals surface area (Å²) in [7, 11) is 0. The molecule has 5 nitrogen and oxygen atoms in total. The normalized spacial score (nSPS) is 10.7. The number of aromatic nitrogens is 1. The lowest BCUT2D eigenvalue weighted by Crippen LogP contribution is -1.92. The van der Waals surface area contributed by atoms with Crippen LogP contribution in [-0.2, 0) is 0 Å². The predicted molar refractivity (Wildman–Crippen MR) is 80.7 cm³/mol. The third-order valence-electron chi connectivity index (χ3n) is 2.85. The Kier molecular flexibility index (Phi) is 3.08. The Morgan fingerprint density at radius 1 is 1.25 bits per heavy atom. The molecule has 0 saturated heterocycles. The van der Waals surface area contributed by atoms with E-state index in [1.807, 2.05) is 19.1 Å². The lowest BCUT2D eigenvalue weighted by Gasteiger charge is -2.01. The van der Waals surface area contributed by atoms with E-state index in [1.165, 1.54) is 29.0 Å². The largest absolute Gasteiger partial charge is 0.331 e. The molecule has 0 aliphatic carbocycles. The first-order valence-corrected chi connectivity index (χ1v) is 6.82. The summed E-state index contributed by atoms with van der Waals surface area (Å²) in [5.41, 5.74) is 2.83. The average molecular weight is 285 g/mol. The van der Waals surface area contributed by atoms with Gasteiger partial charge in [0.1, 0.15) is 0 Å². The number of rotatable bonds is 3. The van der Waals surface area contributed by atoms with Gasteiger partial charge in [-0.05, 0) is 30.7 Å². The highest BCUT2D eigenvalue weighted by molar-refractivity contribution is 7.22. The summed E-state index contributed by atoms with van der Waals surface area (Å²) < 4.78 is 1.10. The summed E-state index contributed by atoms with van der Waals surface area (Å²) in [5, 5.41) is 14.6. The van der Waals surface area contributed by atoms with Gasteiger partial charge in [0.25, 0.3) is 5.69 Å². The van der Waals surface area contributed by atoms with Crippen molar-refractivity contribution in [2.24, 2.45) is 0 Å². The van der Waals surface area contributed by atoms with Crippen molar-refractivity contribution in [3.05, 3.63) is 58.1 Å². The molecular formula is C14H11N3O2S. The zero-order chi connectivity index (χ0) is 14.1. The Labute approximate surface area is 119 Å². The minimum absolute atomic E-state index is 0.0620. The highest BCUT2D eigenvalue weighted by atomic mass is 32.1. The molecule has 20 heavy (non-hydrogen) atoms. The number of anilines is 2. The van der Waals surface area contributed by atoms with E-state index in [9.17, 15) is 10.1 Å². The highest BCUT2D eigenvalue weighted by Gasteiger charge is 2.08. The van der Waals surface area contributed by atoms with Gasteiger partial charge in [0.2, 0.25) is 0 Å². The Balaban J connectivity index is 1.92. The van der Waals surface area contributed by atoms with Crippen LogP contribution in [0.3, 0.4) is 0 Å². The van der Waals surface area contributed by atoms with Crippen molar-refractivity contribution in [1.82, 2.24) is 4.98 Å². The lowest BCUT2D eigenvalue weighted by atomic mass is 10.2. The van der Waals surface area contributed by atoms with Gasteiger partial charge in [0.05, 0.1) is 15.1 Å². The van der Waals surface area contributed by atoms with Crippen LogP contribution in [0.4, 0.5) is 16.5 Å². The average Bonchev–Trinajstić information content (AvgIpc) is 2.80. The fourth-order valence-electron chi connectivity index (χ4n) is 1.91. The molecule has 0 spiro atoms. The van der Waals surface area contributed by atoms with Gasteiger partial charge < -0.3 is 5.32 Å². The molecule has 0 saturated carbocycles. The van der Waals surface area contributed by atoms with Crippen LogP contribution in [-0.4, -0.2) is 9.91 Å². The number of hydrogen-bond donors (Lipinski definition) is 1. The Bertz CT molecular complexity index is 798. The first-order valence-electron chi connectivity index (χ1n) is 6.00. The van der Waals surface area contributed by atoms with E-state index in [-0.39, 0.29) is 5.69 Å². The number of fused-ring (bicyclic) bond motifs is 1. The number of non-ortho nitro benzene ring substituents is 1. The van der Waals surface area contributed by atoms with E-state index in [2.05, 4.69) is 16.4 Å². The van der Waals surface area contributed by atoms with Crippen molar-refractivity contribution in [1.29, 1.82) is 0 Å². The topological polar surface area (TPSA) is 68.1 Å². The van der Waals surface area contributed by atoms with Crippen LogP contribution in [0.25, 0.3) is 10.2 Å². The number of benzene rings is 2. The van der Waals surface area contributed by atoms with Crippen molar-refractivity contribution >= 4 is 38.1 Å². The molecule has 0 aliphatic heterocycles. The van der Waals surface area contributed by atoms with Crippen molar-refractivity contribution in [2.75, 3.05) is 5.32 Å². The second kappa shape index (κ2) is 4.90. The van der Waals surface area contributed by atoms with Gasteiger partial charge >= 0.3 is 0 Å². The second-order valence-corrected chi connectivity index (χ2v) is 5.45. The molecule has 6 heteroatoms. The van der Waals surface area contributed by atoms with E-state index in [0.29, 0.717) is 5.69 Å². The van der Waals surface area contributed by atoms with Crippen LogP contribution in [0, 0.1) is 17.0 Å². The molecule has 3 rings (SSSR count). The number of aryl methyl sites for hydroxylation is 1. The summed E-state index contributed by atoms with van der Waals surface area (Å²) in [6.45, 7) is 2.03. The van der Waals surface area contributed by atoms with Gasteiger partial charge in [-0.2, -0.15) is 0 Å². The Morgan fingerprint density at radius 2 is 2.10 bits per heavy atom. The van der Waals surface area contributed by atoms with Crippen LogP contribution < -0.4 is 5.32 Å². The number of nitrogens with one attached hydrogen (secondary N) is 1. The number of thiazole rings is 1. The molecule has 3 aromatic rings. The third-order valence-corrected chi connectivity index (χ3v) is 3.79. The van der Waals surface area contributed by atoms with E-state index in [1.54, 1.807) is 12.1 Å². The minimum atomic E-state index is -0.410. The fourth-order valence-corrected chi connectivity index (χ4v) is 2.89. The van der Waals surface area contributed by atoms with Crippen LogP contribution in [0.2, 0.25) is 0 Å². The zero-order valence-corrected chi connectivity index (χ0v) is 11.5. The predicted octanol–water partition coefficient (Wildman–Crippen LogP) is 4.26. The van der Waals surface area contributed by atoms with Crippen molar-refractivity contribution in [3.8, 4) is 0 Å². The summed E-state index contributed by atoms with van der Waals surface area (Å²) in [6.07, 6.45) is 0. The molecule has 100 valence electrons. The standard InChI is InChI=1S/C14H11N3O2S/c1-9-5-6-12-13(7-9)20-14(16-12)15-10-3-2-4-11(8-10)17(18)19/h2-8H,1H3,(H,15,16). The summed E-state index contributed by atoms with van der Waals surface area (Å²) in [4.78, 5) is 14.8. The first-order chi connectivity index (χ1) is 9.61. The van der Waals surface area contributed by atoms with E-state index in [0.717, 1.165) is 15.3 Å². The smallest absolute Gasteiger partial charge is 0.271 e. The molecule has 0 atom stereocenters. The summed E-state index contributed by atoms with van der Waals surface area (Å²) in [6, 6.07) is 12.5. The molecule has 0 unspecified atom stereocenters. The molecule has 2 aromatic carbocycles. The van der Waals surface area contributed by atoms with Gasteiger partial charge in [0, 0.05) is 17.8 Å². The Hall–Kier alpha value is -2.47. The van der Waals surface area contributed by atoms with Crippen molar-refractivity contribution < 1.29 is 4.92 Å². The van der Waals surface area contributed by atoms with Gasteiger partial charge in [-0.15, -0.1) is 0 Å².